The summed E-state index contributed by atoms with van der Waals surface area (Å²) in [5.74, 6) is 0. The van der Waals surface area contributed by atoms with Gasteiger partial charge in [-0.1, -0.05) is 15.9 Å². The Hall–Kier alpha value is -0.580. The topological polar surface area (TPSA) is 50.7 Å². The third-order valence-electron chi connectivity index (χ3n) is 0.747. The first-order chi connectivity index (χ1) is 3.84. The van der Waals surface area contributed by atoms with Crippen molar-refractivity contribution in [3.63, 3.8) is 0 Å². The molecule has 1 heterocycles. The standard InChI is InChI=1S/C3H4BrN3O/c4-1-7-2-5-6-3(7)8/h2H,1H2,(H,6,8). The summed E-state index contributed by atoms with van der Waals surface area (Å²) in [6, 6.07) is 0. The second kappa shape index (κ2) is 2.13. The van der Waals surface area contributed by atoms with E-state index in [0.717, 1.165) is 0 Å². The van der Waals surface area contributed by atoms with Crippen LogP contribution in [0, 0.1) is 0 Å². The van der Waals surface area contributed by atoms with Gasteiger partial charge in [0.2, 0.25) is 0 Å². The van der Waals surface area contributed by atoms with Crippen LogP contribution in [0.25, 0.3) is 0 Å². The van der Waals surface area contributed by atoms with Crippen molar-refractivity contribution >= 4 is 15.9 Å². The SMILES string of the molecule is O=c1[nH]ncn1CBr. The molecule has 0 aliphatic carbocycles. The first-order valence-electron chi connectivity index (χ1n) is 2.00. The molecule has 0 amide bonds. The quantitative estimate of drug-likeness (QED) is 0.611. The lowest BCUT2D eigenvalue weighted by Gasteiger charge is -1.83. The Labute approximate surface area is 53.7 Å². The van der Waals surface area contributed by atoms with E-state index in [0.29, 0.717) is 5.45 Å². The molecule has 1 aromatic rings. The Balaban J connectivity index is 3.11. The third kappa shape index (κ3) is 0.812. The van der Waals surface area contributed by atoms with Gasteiger partial charge in [0.25, 0.3) is 0 Å². The summed E-state index contributed by atoms with van der Waals surface area (Å²) in [5.41, 5.74) is 0.296. The molecule has 0 atom stereocenters. The zero-order valence-electron chi connectivity index (χ0n) is 3.97. The highest BCUT2D eigenvalue weighted by molar-refractivity contribution is 9.08. The summed E-state index contributed by atoms with van der Waals surface area (Å²) in [7, 11) is 0. The number of rotatable bonds is 1. The number of H-pyrrole nitrogens is 1. The van der Waals surface area contributed by atoms with Crippen LogP contribution in [-0.4, -0.2) is 14.8 Å². The minimum absolute atomic E-state index is 0.193. The van der Waals surface area contributed by atoms with E-state index in [1.54, 1.807) is 0 Å². The summed E-state index contributed by atoms with van der Waals surface area (Å²) in [6.07, 6.45) is 1.43. The molecule has 1 rings (SSSR count). The monoisotopic (exact) mass is 177 g/mol. The molecule has 5 heteroatoms. The molecule has 0 aromatic carbocycles. The number of aromatic nitrogens is 3. The van der Waals surface area contributed by atoms with Crippen LogP contribution in [0.1, 0.15) is 0 Å². The molecule has 8 heavy (non-hydrogen) atoms. The maximum atomic E-state index is 10.5. The second-order valence-corrected chi connectivity index (χ2v) is 1.75. The Morgan fingerprint density at radius 1 is 2.00 bits per heavy atom. The van der Waals surface area contributed by atoms with Crippen molar-refractivity contribution in [2.45, 2.75) is 5.45 Å². The van der Waals surface area contributed by atoms with Gasteiger partial charge in [0.1, 0.15) is 6.33 Å². The number of aromatic amines is 1. The lowest BCUT2D eigenvalue weighted by molar-refractivity contribution is 0.851. The number of alkyl halides is 1. The highest BCUT2D eigenvalue weighted by Gasteiger charge is 1.89. The van der Waals surface area contributed by atoms with Gasteiger partial charge < -0.3 is 0 Å². The molecule has 0 aliphatic rings. The lowest BCUT2D eigenvalue weighted by Crippen LogP contribution is -2.13. The molecule has 0 saturated heterocycles. The van der Waals surface area contributed by atoms with Crippen molar-refractivity contribution in [3.8, 4) is 0 Å². The van der Waals surface area contributed by atoms with Crippen LogP contribution in [-0.2, 0) is 5.45 Å². The molecule has 0 spiro atoms. The van der Waals surface area contributed by atoms with Crippen LogP contribution in [0.15, 0.2) is 11.1 Å². The molecular weight excluding hydrogens is 174 g/mol. The number of halogens is 1. The van der Waals surface area contributed by atoms with E-state index in [2.05, 4.69) is 26.1 Å². The van der Waals surface area contributed by atoms with Gasteiger partial charge in [0, 0.05) is 0 Å². The normalized spacial score (nSPS) is 9.62. The minimum atomic E-state index is -0.193. The van der Waals surface area contributed by atoms with Crippen molar-refractivity contribution in [3.05, 3.63) is 16.8 Å². The van der Waals surface area contributed by atoms with Gasteiger partial charge >= 0.3 is 5.69 Å². The maximum absolute atomic E-state index is 10.5. The Morgan fingerprint density at radius 3 is 3.00 bits per heavy atom. The Bertz CT molecular complexity index is 214. The minimum Gasteiger partial charge on any atom is -0.271 e. The van der Waals surface area contributed by atoms with Gasteiger partial charge in [-0.15, -0.1) is 0 Å². The van der Waals surface area contributed by atoms with E-state index in [9.17, 15) is 4.79 Å². The van der Waals surface area contributed by atoms with Gasteiger partial charge in [0.15, 0.2) is 0 Å². The van der Waals surface area contributed by atoms with Crippen LogP contribution in [0.5, 0.6) is 0 Å². The summed E-state index contributed by atoms with van der Waals surface area (Å²) in [6.45, 7) is 0. The van der Waals surface area contributed by atoms with E-state index in [1.165, 1.54) is 10.9 Å². The summed E-state index contributed by atoms with van der Waals surface area (Å²) < 4.78 is 1.40. The van der Waals surface area contributed by atoms with Gasteiger partial charge in [-0.05, 0) is 0 Å². The zero-order valence-corrected chi connectivity index (χ0v) is 5.55. The zero-order chi connectivity index (χ0) is 5.98. The lowest BCUT2D eigenvalue weighted by atomic mass is 11.1. The van der Waals surface area contributed by atoms with Gasteiger partial charge in [-0.3, -0.25) is 4.57 Å². The summed E-state index contributed by atoms with van der Waals surface area (Å²) in [5, 5.41) is 5.73. The predicted octanol–water partition coefficient (Wildman–Crippen LogP) is -0.0762. The maximum Gasteiger partial charge on any atom is 0.343 e. The summed E-state index contributed by atoms with van der Waals surface area (Å²) in [4.78, 5) is 10.5. The van der Waals surface area contributed by atoms with Gasteiger partial charge in [0.05, 0.1) is 5.45 Å². The smallest absolute Gasteiger partial charge is 0.271 e. The van der Waals surface area contributed by atoms with Crippen LogP contribution >= 0.6 is 15.9 Å². The number of nitrogens with zero attached hydrogens (tertiary/aromatic N) is 2. The van der Waals surface area contributed by atoms with Gasteiger partial charge in [-0.2, -0.15) is 5.10 Å². The molecule has 44 valence electrons. The molecule has 0 saturated carbocycles. The first-order valence-corrected chi connectivity index (χ1v) is 3.12. The van der Waals surface area contributed by atoms with Crippen LogP contribution in [0.2, 0.25) is 0 Å². The van der Waals surface area contributed by atoms with E-state index in [1.807, 2.05) is 0 Å². The molecule has 0 bridgehead atoms. The highest BCUT2D eigenvalue weighted by Crippen LogP contribution is 1.82. The van der Waals surface area contributed by atoms with Gasteiger partial charge in [-0.25, -0.2) is 9.89 Å². The van der Waals surface area contributed by atoms with E-state index >= 15 is 0 Å². The molecule has 4 nitrogen and oxygen atoms in total. The highest BCUT2D eigenvalue weighted by atomic mass is 79.9. The van der Waals surface area contributed by atoms with Crippen molar-refractivity contribution in [1.29, 1.82) is 0 Å². The van der Waals surface area contributed by atoms with E-state index in [4.69, 9.17) is 0 Å². The predicted molar refractivity (Wildman–Crippen MR) is 31.8 cm³/mol. The van der Waals surface area contributed by atoms with Crippen LogP contribution in [0.4, 0.5) is 0 Å². The van der Waals surface area contributed by atoms with Crippen molar-refractivity contribution < 1.29 is 0 Å². The molecule has 0 aliphatic heterocycles. The molecular formula is C3H4BrN3O. The first kappa shape index (κ1) is 5.55. The fourth-order valence-corrected chi connectivity index (χ4v) is 0.713. The largest absolute Gasteiger partial charge is 0.343 e. The second-order valence-electron chi connectivity index (χ2n) is 1.25. The summed E-state index contributed by atoms with van der Waals surface area (Å²) >= 11 is 3.09. The number of hydrogen-bond donors (Lipinski definition) is 1. The number of nitrogens with one attached hydrogen (secondary N) is 1. The molecule has 1 aromatic heterocycles. The van der Waals surface area contributed by atoms with E-state index < -0.39 is 0 Å². The molecule has 0 fully saturated rings. The fourth-order valence-electron chi connectivity index (χ4n) is 0.356. The van der Waals surface area contributed by atoms with Crippen molar-refractivity contribution in [1.82, 2.24) is 14.8 Å². The van der Waals surface area contributed by atoms with Crippen molar-refractivity contribution in [2.75, 3.05) is 0 Å². The van der Waals surface area contributed by atoms with E-state index in [-0.39, 0.29) is 5.69 Å². The average Bonchev–Trinajstić information content (AvgIpc) is 2.14. The fraction of sp³-hybridized carbons (Fsp3) is 0.333. The molecule has 0 unspecified atom stereocenters. The molecule has 0 radical (unpaired) electrons. The van der Waals surface area contributed by atoms with Crippen molar-refractivity contribution in [2.24, 2.45) is 0 Å². The Morgan fingerprint density at radius 2 is 2.75 bits per heavy atom. The number of hydrogen-bond acceptors (Lipinski definition) is 2. The third-order valence-corrected chi connectivity index (χ3v) is 1.29. The molecule has 1 N–H and O–H groups in total. The Kier molecular flexibility index (Phi) is 1.48. The van der Waals surface area contributed by atoms with Crippen LogP contribution < -0.4 is 5.69 Å². The average molecular weight is 178 g/mol. The van der Waals surface area contributed by atoms with Crippen LogP contribution in [0.3, 0.4) is 0 Å².